The van der Waals surface area contributed by atoms with Crippen LogP contribution in [0.2, 0.25) is 10.2 Å². The fourth-order valence-corrected chi connectivity index (χ4v) is 2.84. The van der Waals surface area contributed by atoms with Gasteiger partial charge in [0.25, 0.3) is 11.8 Å². The molecule has 6 nitrogen and oxygen atoms in total. The first-order valence-corrected chi connectivity index (χ1v) is 7.73. The lowest BCUT2D eigenvalue weighted by atomic mass is 10.2. The second-order valence-corrected chi connectivity index (χ2v) is 5.74. The van der Waals surface area contributed by atoms with Crippen molar-refractivity contribution in [2.45, 2.75) is 0 Å². The molecule has 0 saturated carbocycles. The van der Waals surface area contributed by atoms with E-state index in [1.165, 1.54) is 0 Å². The number of hydrogen-bond acceptors (Lipinski definition) is 6. The summed E-state index contributed by atoms with van der Waals surface area (Å²) in [5.41, 5.74) is 1.36. The number of anilines is 1. The molecular weight excluding hydrogens is 349 g/mol. The van der Waals surface area contributed by atoms with Gasteiger partial charge < -0.3 is 14.9 Å². The molecule has 114 valence electrons. The first-order valence-electron chi connectivity index (χ1n) is 6.20. The van der Waals surface area contributed by atoms with Crippen LogP contribution < -0.4 is 5.32 Å². The van der Waals surface area contributed by atoms with Gasteiger partial charge >= 0.3 is 0 Å². The van der Waals surface area contributed by atoms with Crippen LogP contribution in [0.3, 0.4) is 0 Å². The summed E-state index contributed by atoms with van der Waals surface area (Å²) in [5.74, 6) is 0.0538. The minimum atomic E-state index is -0.364. The lowest BCUT2D eigenvalue weighted by molar-refractivity contribution is 0.0655. The molecule has 1 aliphatic rings. The van der Waals surface area contributed by atoms with E-state index in [9.17, 15) is 4.79 Å². The minimum Gasteiger partial charge on any atom is -0.471 e. The molecule has 0 spiro atoms. The van der Waals surface area contributed by atoms with Crippen molar-refractivity contribution < 1.29 is 14.4 Å². The van der Waals surface area contributed by atoms with Crippen LogP contribution in [0.25, 0.3) is 0 Å². The van der Waals surface area contributed by atoms with E-state index in [4.69, 9.17) is 32.8 Å². The Kier molecular flexibility index (Phi) is 4.47. The van der Waals surface area contributed by atoms with Crippen molar-refractivity contribution in [3.63, 3.8) is 0 Å². The number of oxime groups is 1. The highest BCUT2D eigenvalue weighted by molar-refractivity contribution is 7.09. The van der Waals surface area contributed by atoms with Gasteiger partial charge in [-0.1, -0.05) is 23.2 Å². The molecule has 1 aromatic carbocycles. The molecule has 0 atom stereocenters. The topological polar surface area (TPSA) is 72.8 Å². The Hall–Kier alpha value is -1.83. The van der Waals surface area contributed by atoms with Gasteiger partial charge in [0.1, 0.15) is 16.5 Å². The molecule has 1 aromatic heterocycles. The summed E-state index contributed by atoms with van der Waals surface area (Å²) in [6, 6.07) is 6.99. The number of carbonyl (C=O) groups excluding carboxylic acids is 1. The highest BCUT2D eigenvalue weighted by atomic mass is 35.5. The number of ether oxygens (including phenoxy) is 1. The average molecular weight is 358 g/mol. The fourth-order valence-electron chi connectivity index (χ4n) is 1.73. The van der Waals surface area contributed by atoms with E-state index in [0.29, 0.717) is 24.8 Å². The van der Waals surface area contributed by atoms with Crippen molar-refractivity contribution in [3.8, 4) is 0 Å². The Labute approximate surface area is 139 Å². The number of rotatable bonds is 3. The van der Waals surface area contributed by atoms with Crippen LogP contribution >= 0.6 is 34.7 Å². The van der Waals surface area contributed by atoms with Crippen LogP contribution in [0.15, 0.2) is 29.4 Å². The number of nitrogens with one attached hydrogen (secondary N) is 1. The molecule has 1 aliphatic heterocycles. The lowest BCUT2D eigenvalue weighted by Crippen LogP contribution is -2.17. The van der Waals surface area contributed by atoms with Gasteiger partial charge in [-0.3, -0.25) is 4.79 Å². The third-order valence-electron chi connectivity index (χ3n) is 2.75. The van der Waals surface area contributed by atoms with Gasteiger partial charge in [-0.05, 0) is 41.0 Å². The molecule has 1 N–H and O–H groups in total. The van der Waals surface area contributed by atoms with Gasteiger partial charge in [-0.2, -0.15) is 4.37 Å². The van der Waals surface area contributed by atoms with Crippen LogP contribution in [-0.4, -0.2) is 29.4 Å². The zero-order valence-corrected chi connectivity index (χ0v) is 13.3. The summed E-state index contributed by atoms with van der Waals surface area (Å²) in [6.45, 7) is 0.901. The largest absolute Gasteiger partial charge is 0.471 e. The van der Waals surface area contributed by atoms with E-state index < -0.39 is 0 Å². The Balaban J connectivity index is 1.72. The molecule has 0 fully saturated rings. The van der Waals surface area contributed by atoms with Gasteiger partial charge in [-0.25, -0.2) is 0 Å². The molecule has 0 bridgehead atoms. The summed E-state index contributed by atoms with van der Waals surface area (Å²) in [7, 11) is 0. The highest BCUT2D eigenvalue weighted by Gasteiger charge is 2.17. The molecule has 0 aliphatic carbocycles. The number of benzene rings is 1. The normalized spacial score (nSPS) is 13.8. The molecule has 0 unspecified atom stereocenters. The van der Waals surface area contributed by atoms with Gasteiger partial charge in [0.15, 0.2) is 11.8 Å². The molecule has 2 heterocycles. The third-order valence-corrected chi connectivity index (χ3v) is 4.55. The summed E-state index contributed by atoms with van der Waals surface area (Å²) < 4.78 is 9.19. The number of nitrogens with zero attached hydrogens (tertiary/aromatic N) is 2. The standard InChI is InChI=1S/C13H9Cl2N3O3S/c14-9-10(22-18-11(9)15)12(19)16-8-3-1-7(2-4-8)13-17-21-6-5-20-13/h1-4H,5-6H2,(H,16,19). The van der Waals surface area contributed by atoms with Crippen LogP contribution in [0.1, 0.15) is 15.2 Å². The predicted octanol–water partition coefficient (Wildman–Crippen LogP) is 3.41. The first kappa shape index (κ1) is 15.1. The second kappa shape index (κ2) is 6.51. The number of carbonyl (C=O) groups is 1. The molecule has 9 heteroatoms. The zero-order valence-electron chi connectivity index (χ0n) is 11.0. The van der Waals surface area contributed by atoms with E-state index in [-0.39, 0.29) is 21.0 Å². The van der Waals surface area contributed by atoms with E-state index >= 15 is 0 Å². The van der Waals surface area contributed by atoms with Gasteiger partial charge in [0, 0.05) is 11.3 Å². The fraction of sp³-hybridized carbons (Fsp3) is 0.154. The molecule has 0 saturated heterocycles. The maximum absolute atomic E-state index is 12.1. The molecular formula is C13H9Cl2N3O3S. The Morgan fingerprint density at radius 3 is 2.59 bits per heavy atom. The Bertz CT molecular complexity index is 731. The van der Waals surface area contributed by atoms with Gasteiger partial charge in [0.05, 0.1) is 0 Å². The van der Waals surface area contributed by atoms with Gasteiger partial charge in [-0.15, -0.1) is 0 Å². The average Bonchev–Trinajstić information content (AvgIpc) is 2.88. The molecule has 2 aromatic rings. The zero-order chi connectivity index (χ0) is 15.5. The van der Waals surface area contributed by atoms with E-state index in [2.05, 4.69) is 14.8 Å². The van der Waals surface area contributed by atoms with Crippen molar-refractivity contribution in [1.82, 2.24) is 4.37 Å². The third kappa shape index (κ3) is 3.16. The van der Waals surface area contributed by atoms with Gasteiger partial charge in [0.2, 0.25) is 0 Å². The second-order valence-electron chi connectivity index (χ2n) is 4.23. The minimum absolute atomic E-state index is 0.125. The predicted molar refractivity (Wildman–Crippen MR) is 85.0 cm³/mol. The number of halogens is 2. The van der Waals surface area contributed by atoms with E-state index in [1.54, 1.807) is 24.3 Å². The summed E-state index contributed by atoms with van der Waals surface area (Å²) in [5, 5.41) is 6.82. The molecule has 0 radical (unpaired) electrons. The smallest absolute Gasteiger partial charge is 0.268 e. The van der Waals surface area contributed by atoms with Crippen molar-refractivity contribution in [2.24, 2.45) is 5.16 Å². The lowest BCUT2D eigenvalue weighted by Gasteiger charge is -2.13. The summed E-state index contributed by atoms with van der Waals surface area (Å²) in [4.78, 5) is 17.3. The number of aromatic nitrogens is 1. The highest BCUT2D eigenvalue weighted by Crippen LogP contribution is 2.29. The summed E-state index contributed by atoms with van der Waals surface area (Å²) in [6.07, 6.45) is 0. The van der Waals surface area contributed by atoms with Crippen molar-refractivity contribution in [3.05, 3.63) is 44.9 Å². The Morgan fingerprint density at radius 1 is 1.23 bits per heavy atom. The Morgan fingerprint density at radius 2 is 2.00 bits per heavy atom. The molecule has 3 rings (SSSR count). The van der Waals surface area contributed by atoms with Crippen LogP contribution in [-0.2, 0) is 9.57 Å². The van der Waals surface area contributed by atoms with Crippen LogP contribution in [0.5, 0.6) is 0 Å². The maximum Gasteiger partial charge on any atom is 0.268 e. The monoisotopic (exact) mass is 357 g/mol. The maximum atomic E-state index is 12.1. The quantitative estimate of drug-likeness (QED) is 0.913. The molecule has 22 heavy (non-hydrogen) atoms. The first-order chi connectivity index (χ1) is 10.6. The van der Waals surface area contributed by atoms with Crippen molar-refractivity contribution in [2.75, 3.05) is 18.5 Å². The van der Waals surface area contributed by atoms with E-state index in [1.807, 2.05) is 0 Å². The van der Waals surface area contributed by atoms with Crippen molar-refractivity contribution in [1.29, 1.82) is 0 Å². The van der Waals surface area contributed by atoms with Crippen LogP contribution in [0, 0.1) is 0 Å². The number of hydrogen-bond donors (Lipinski definition) is 1. The van der Waals surface area contributed by atoms with E-state index in [0.717, 1.165) is 17.1 Å². The molecule has 1 amide bonds. The van der Waals surface area contributed by atoms with Crippen LogP contribution in [0.4, 0.5) is 5.69 Å². The number of amides is 1. The van der Waals surface area contributed by atoms with Crippen molar-refractivity contribution >= 4 is 52.2 Å². The summed E-state index contributed by atoms with van der Waals surface area (Å²) >= 11 is 12.6. The SMILES string of the molecule is O=C(Nc1ccc(C2=NOCCO2)cc1)c1snc(Cl)c1Cl.